The molecule has 0 aromatic carbocycles. The number of hydrogen-bond acceptors (Lipinski definition) is 6. The second kappa shape index (κ2) is 8.12. The Kier molecular flexibility index (Phi) is 5.39. The van der Waals surface area contributed by atoms with Gasteiger partial charge in [-0.05, 0) is 37.5 Å². The Bertz CT molecular complexity index is 1040. The fourth-order valence-electron chi connectivity index (χ4n) is 3.38. The zero-order valence-corrected chi connectivity index (χ0v) is 17.1. The predicted molar refractivity (Wildman–Crippen MR) is 111 cm³/mol. The molecule has 0 spiro atoms. The quantitative estimate of drug-likeness (QED) is 0.714. The number of likely N-dealkylation sites (tertiary alicyclic amines) is 1. The fraction of sp³-hybridized carbons (Fsp3) is 0.350. The minimum atomic E-state index is -0.122. The van der Waals surface area contributed by atoms with Crippen LogP contribution in [-0.4, -0.2) is 49.6 Å². The van der Waals surface area contributed by atoms with Crippen LogP contribution in [-0.2, 0) is 11.8 Å². The molecular weight excluding hydrogens is 388 g/mol. The van der Waals surface area contributed by atoms with Gasteiger partial charge in [0.05, 0.1) is 6.20 Å². The Morgan fingerprint density at radius 3 is 2.76 bits per heavy atom. The molecule has 29 heavy (non-hydrogen) atoms. The van der Waals surface area contributed by atoms with Gasteiger partial charge in [0.15, 0.2) is 0 Å². The van der Waals surface area contributed by atoms with Crippen LogP contribution in [0.2, 0.25) is 0 Å². The third-order valence-electron chi connectivity index (χ3n) is 4.99. The van der Waals surface area contributed by atoms with Gasteiger partial charge in [0.25, 0.3) is 5.91 Å². The van der Waals surface area contributed by atoms with Crippen LogP contribution in [0.15, 0.2) is 36.1 Å². The molecule has 4 heterocycles. The van der Waals surface area contributed by atoms with Gasteiger partial charge in [0.1, 0.15) is 16.5 Å². The number of pyridine rings is 1. The van der Waals surface area contributed by atoms with Crippen LogP contribution in [0.5, 0.6) is 0 Å². The first kappa shape index (κ1) is 19.3. The molecule has 0 saturated carbocycles. The standard InChI is InChI=1S/C20H22N6O2S/c1-13-3-6-21-17(9-13)24-18(27)14-4-7-26(8-5-14)20(28)16-12-29-19(23-16)15-10-22-25(2)11-15/h3,6,9-12,14H,4-5,7-8H2,1-2H3,(H,21,24,27). The van der Waals surface area contributed by atoms with Gasteiger partial charge < -0.3 is 10.2 Å². The molecule has 3 aromatic rings. The molecule has 1 aliphatic heterocycles. The summed E-state index contributed by atoms with van der Waals surface area (Å²) in [6.07, 6.45) is 6.55. The molecule has 1 saturated heterocycles. The number of aromatic nitrogens is 4. The summed E-state index contributed by atoms with van der Waals surface area (Å²) in [5, 5.41) is 9.59. The van der Waals surface area contributed by atoms with Crippen LogP contribution in [0, 0.1) is 12.8 Å². The molecular formula is C20H22N6O2S. The van der Waals surface area contributed by atoms with Gasteiger partial charge in [0.2, 0.25) is 5.91 Å². The van der Waals surface area contributed by atoms with E-state index in [-0.39, 0.29) is 17.7 Å². The zero-order valence-electron chi connectivity index (χ0n) is 16.3. The summed E-state index contributed by atoms with van der Waals surface area (Å²) in [5.41, 5.74) is 2.39. The number of anilines is 1. The second-order valence-electron chi connectivity index (χ2n) is 7.21. The molecule has 1 N–H and O–H groups in total. The highest BCUT2D eigenvalue weighted by Gasteiger charge is 2.29. The minimum absolute atomic E-state index is 0.0391. The van der Waals surface area contributed by atoms with Crippen LogP contribution in [0.4, 0.5) is 5.82 Å². The van der Waals surface area contributed by atoms with Gasteiger partial charge in [-0.2, -0.15) is 5.10 Å². The summed E-state index contributed by atoms with van der Waals surface area (Å²) in [6.45, 7) is 3.04. The van der Waals surface area contributed by atoms with Crippen molar-refractivity contribution < 1.29 is 9.59 Å². The average molecular weight is 411 g/mol. The first-order chi connectivity index (χ1) is 14.0. The van der Waals surface area contributed by atoms with Crippen molar-refractivity contribution in [3.63, 3.8) is 0 Å². The van der Waals surface area contributed by atoms with Gasteiger partial charge in [0, 0.05) is 49.4 Å². The largest absolute Gasteiger partial charge is 0.337 e. The Balaban J connectivity index is 1.34. The van der Waals surface area contributed by atoms with Crippen molar-refractivity contribution in [2.75, 3.05) is 18.4 Å². The number of thiazole rings is 1. The number of hydrogen-bond donors (Lipinski definition) is 1. The summed E-state index contributed by atoms with van der Waals surface area (Å²) in [6, 6.07) is 3.73. The van der Waals surface area contributed by atoms with Crippen molar-refractivity contribution in [2.24, 2.45) is 13.0 Å². The number of amides is 2. The average Bonchev–Trinajstić information content (AvgIpc) is 3.37. The summed E-state index contributed by atoms with van der Waals surface area (Å²) < 4.78 is 1.71. The number of nitrogens with one attached hydrogen (secondary N) is 1. The number of aryl methyl sites for hydroxylation is 2. The monoisotopic (exact) mass is 410 g/mol. The number of carbonyl (C=O) groups excluding carboxylic acids is 2. The molecule has 0 atom stereocenters. The molecule has 0 aliphatic carbocycles. The van der Waals surface area contributed by atoms with E-state index >= 15 is 0 Å². The Hall–Kier alpha value is -3.07. The molecule has 3 aromatic heterocycles. The maximum atomic E-state index is 12.8. The SMILES string of the molecule is Cc1ccnc(NC(=O)C2CCN(C(=O)c3csc(-c4cnn(C)c4)n3)CC2)c1. The van der Waals surface area contributed by atoms with Gasteiger partial charge in [-0.15, -0.1) is 11.3 Å². The molecule has 1 fully saturated rings. The lowest BCUT2D eigenvalue weighted by Gasteiger charge is -2.30. The van der Waals surface area contributed by atoms with Crippen molar-refractivity contribution in [3.8, 4) is 10.6 Å². The summed E-state index contributed by atoms with van der Waals surface area (Å²) in [7, 11) is 1.85. The highest BCUT2D eigenvalue weighted by atomic mass is 32.1. The van der Waals surface area contributed by atoms with Crippen molar-refractivity contribution >= 4 is 29.0 Å². The van der Waals surface area contributed by atoms with Gasteiger partial charge in [-0.1, -0.05) is 0 Å². The summed E-state index contributed by atoms with van der Waals surface area (Å²) in [5.74, 6) is 0.319. The molecule has 0 radical (unpaired) electrons. The highest BCUT2D eigenvalue weighted by molar-refractivity contribution is 7.13. The van der Waals surface area contributed by atoms with E-state index in [0.29, 0.717) is 37.4 Å². The highest BCUT2D eigenvalue weighted by Crippen LogP contribution is 2.25. The van der Waals surface area contributed by atoms with Gasteiger partial charge >= 0.3 is 0 Å². The zero-order chi connectivity index (χ0) is 20.4. The van der Waals surface area contributed by atoms with Crippen LogP contribution >= 0.6 is 11.3 Å². The van der Waals surface area contributed by atoms with Crippen LogP contribution in [0.3, 0.4) is 0 Å². The van der Waals surface area contributed by atoms with Crippen molar-refractivity contribution in [1.82, 2.24) is 24.6 Å². The molecule has 150 valence electrons. The third-order valence-corrected chi connectivity index (χ3v) is 5.89. The van der Waals surface area contributed by atoms with Crippen LogP contribution in [0.1, 0.15) is 28.9 Å². The molecule has 9 heteroatoms. The van der Waals surface area contributed by atoms with Gasteiger partial charge in [-0.3, -0.25) is 14.3 Å². The van der Waals surface area contributed by atoms with Crippen molar-refractivity contribution in [3.05, 3.63) is 47.4 Å². The minimum Gasteiger partial charge on any atom is -0.337 e. The molecule has 2 amide bonds. The molecule has 4 rings (SSSR count). The van der Waals surface area contributed by atoms with E-state index in [9.17, 15) is 9.59 Å². The van der Waals surface area contributed by atoms with Crippen LogP contribution in [0.25, 0.3) is 10.6 Å². The normalized spacial score (nSPS) is 14.8. The maximum absolute atomic E-state index is 12.8. The van der Waals surface area contributed by atoms with Crippen LogP contribution < -0.4 is 5.32 Å². The summed E-state index contributed by atoms with van der Waals surface area (Å²) in [4.78, 5) is 35.7. The molecule has 0 bridgehead atoms. The Labute approximate surface area is 172 Å². The number of carbonyl (C=O) groups is 2. The lowest BCUT2D eigenvalue weighted by Crippen LogP contribution is -2.41. The molecule has 8 nitrogen and oxygen atoms in total. The van der Waals surface area contributed by atoms with Crippen molar-refractivity contribution in [1.29, 1.82) is 0 Å². The summed E-state index contributed by atoms with van der Waals surface area (Å²) >= 11 is 1.43. The second-order valence-corrected chi connectivity index (χ2v) is 8.07. The first-order valence-corrected chi connectivity index (χ1v) is 10.3. The van der Waals surface area contributed by atoms with E-state index in [1.807, 2.05) is 32.3 Å². The van der Waals surface area contributed by atoms with E-state index in [1.54, 1.807) is 27.4 Å². The molecule has 0 unspecified atom stereocenters. The fourth-order valence-corrected chi connectivity index (χ4v) is 4.15. The smallest absolute Gasteiger partial charge is 0.273 e. The van der Waals surface area contributed by atoms with Crippen molar-refractivity contribution in [2.45, 2.75) is 19.8 Å². The van der Waals surface area contributed by atoms with E-state index in [2.05, 4.69) is 20.4 Å². The first-order valence-electron chi connectivity index (χ1n) is 9.47. The third kappa shape index (κ3) is 4.34. The number of nitrogens with zero attached hydrogens (tertiary/aromatic N) is 5. The number of piperidine rings is 1. The van der Waals surface area contributed by atoms with E-state index < -0.39 is 0 Å². The topological polar surface area (TPSA) is 93.0 Å². The number of rotatable bonds is 4. The maximum Gasteiger partial charge on any atom is 0.273 e. The molecule has 1 aliphatic rings. The predicted octanol–water partition coefficient (Wildman–Crippen LogP) is 2.74. The lowest BCUT2D eigenvalue weighted by molar-refractivity contribution is -0.121. The van der Waals surface area contributed by atoms with E-state index in [0.717, 1.165) is 16.1 Å². The Morgan fingerprint density at radius 1 is 1.28 bits per heavy atom. The lowest BCUT2D eigenvalue weighted by atomic mass is 9.95. The van der Waals surface area contributed by atoms with E-state index in [4.69, 9.17) is 0 Å². The van der Waals surface area contributed by atoms with E-state index in [1.165, 1.54) is 11.3 Å². The Morgan fingerprint density at radius 2 is 2.07 bits per heavy atom. The van der Waals surface area contributed by atoms with Gasteiger partial charge in [-0.25, -0.2) is 9.97 Å².